The highest BCUT2D eigenvalue weighted by Crippen LogP contribution is 2.32. The molecule has 0 radical (unpaired) electrons. The van der Waals surface area contributed by atoms with Crippen LogP contribution in [0.2, 0.25) is 0 Å². The molecule has 4 heteroatoms. The summed E-state index contributed by atoms with van der Waals surface area (Å²) in [5.74, 6) is 1.14. The first-order valence-electron chi connectivity index (χ1n) is 7.44. The highest BCUT2D eigenvalue weighted by atomic mass is 16.4. The van der Waals surface area contributed by atoms with E-state index in [1.807, 2.05) is 24.3 Å². The molecule has 1 aromatic carbocycles. The highest BCUT2D eigenvalue weighted by Gasteiger charge is 2.27. The Morgan fingerprint density at radius 3 is 2.81 bits per heavy atom. The average molecular weight is 284 g/mol. The summed E-state index contributed by atoms with van der Waals surface area (Å²) >= 11 is 0. The molecule has 0 aliphatic carbocycles. The molecule has 21 heavy (non-hydrogen) atoms. The molecule has 1 aliphatic rings. The maximum Gasteiger partial charge on any atom is 0.354 e. The van der Waals surface area contributed by atoms with Gasteiger partial charge in [0.05, 0.1) is 0 Å². The number of aromatic nitrogens is 1. The minimum Gasteiger partial charge on any atom is -0.477 e. The van der Waals surface area contributed by atoms with Crippen LogP contribution in [0.15, 0.2) is 30.3 Å². The van der Waals surface area contributed by atoms with E-state index in [1.165, 1.54) is 0 Å². The van der Waals surface area contributed by atoms with Crippen molar-refractivity contribution in [2.75, 3.05) is 18.0 Å². The Balaban J connectivity index is 2.06. The zero-order valence-electron chi connectivity index (χ0n) is 12.4. The third-order valence-electron chi connectivity index (χ3n) is 4.41. The third kappa shape index (κ3) is 2.58. The van der Waals surface area contributed by atoms with Gasteiger partial charge in [-0.05, 0) is 29.7 Å². The molecule has 1 aliphatic heterocycles. The van der Waals surface area contributed by atoms with Crippen molar-refractivity contribution >= 4 is 22.6 Å². The number of hydrogen-bond donors (Lipinski definition) is 1. The number of anilines is 1. The second kappa shape index (κ2) is 5.35. The summed E-state index contributed by atoms with van der Waals surface area (Å²) in [7, 11) is 0. The van der Waals surface area contributed by atoms with Crippen molar-refractivity contribution in [2.45, 2.75) is 20.3 Å². The molecule has 1 atom stereocenters. The predicted molar refractivity (Wildman–Crippen MR) is 83.9 cm³/mol. The molecular formula is C17H20N2O2. The first-order valence-corrected chi connectivity index (χ1v) is 7.44. The fourth-order valence-corrected chi connectivity index (χ4v) is 3.05. The smallest absolute Gasteiger partial charge is 0.354 e. The van der Waals surface area contributed by atoms with Crippen LogP contribution >= 0.6 is 0 Å². The highest BCUT2D eigenvalue weighted by molar-refractivity contribution is 5.98. The number of benzene rings is 1. The number of nitrogens with zero attached hydrogens (tertiary/aromatic N) is 2. The lowest BCUT2D eigenvalue weighted by molar-refractivity contribution is 0.0691. The van der Waals surface area contributed by atoms with Crippen molar-refractivity contribution in [3.63, 3.8) is 0 Å². The third-order valence-corrected chi connectivity index (χ3v) is 4.41. The van der Waals surface area contributed by atoms with Gasteiger partial charge in [-0.25, -0.2) is 9.78 Å². The summed E-state index contributed by atoms with van der Waals surface area (Å²) in [5, 5.41) is 11.2. The molecule has 3 rings (SSSR count). The monoisotopic (exact) mass is 284 g/mol. The first-order chi connectivity index (χ1) is 10.1. The molecule has 1 saturated heterocycles. The lowest BCUT2D eigenvalue weighted by Gasteiger charge is -2.21. The van der Waals surface area contributed by atoms with E-state index in [9.17, 15) is 9.90 Å². The quantitative estimate of drug-likeness (QED) is 0.938. The van der Waals surface area contributed by atoms with Gasteiger partial charge in [0.15, 0.2) is 5.69 Å². The van der Waals surface area contributed by atoms with Gasteiger partial charge < -0.3 is 10.0 Å². The maximum absolute atomic E-state index is 11.3. The van der Waals surface area contributed by atoms with Crippen molar-refractivity contribution in [2.24, 2.45) is 11.8 Å². The molecular weight excluding hydrogens is 264 g/mol. The molecule has 1 fully saturated rings. The molecule has 0 bridgehead atoms. The van der Waals surface area contributed by atoms with Crippen molar-refractivity contribution in [1.82, 2.24) is 4.98 Å². The topological polar surface area (TPSA) is 53.4 Å². The summed E-state index contributed by atoms with van der Waals surface area (Å²) in [6.45, 7) is 6.39. The number of carbonyl (C=O) groups is 1. The van der Waals surface area contributed by atoms with E-state index in [0.29, 0.717) is 11.8 Å². The Kier molecular flexibility index (Phi) is 3.53. The van der Waals surface area contributed by atoms with Crippen LogP contribution in [0.4, 0.5) is 5.82 Å². The first kappa shape index (κ1) is 13.9. The lowest BCUT2D eigenvalue weighted by atomic mass is 9.95. The summed E-state index contributed by atoms with van der Waals surface area (Å²) in [6.07, 6.45) is 1.14. The van der Waals surface area contributed by atoms with Gasteiger partial charge >= 0.3 is 5.97 Å². The predicted octanol–water partition coefficient (Wildman–Crippen LogP) is 3.42. The van der Waals surface area contributed by atoms with Gasteiger partial charge in [-0.15, -0.1) is 0 Å². The van der Waals surface area contributed by atoms with Crippen LogP contribution in [0.25, 0.3) is 10.8 Å². The summed E-state index contributed by atoms with van der Waals surface area (Å²) in [4.78, 5) is 17.9. The van der Waals surface area contributed by atoms with Crippen LogP contribution in [0.5, 0.6) is 0 Å². The maximum atomic E-state index is 11.3. The molecule has 2 aromatic rings. The van der Waals surface area contributed by atoms with Gasteiger partial charge in [0.1, 0.15) is 5.82 Å². The molecule has 2 heterocycles. The van der Waals surface area contributed by atoms with Gasteiger partial charge in [0.25, 0.3) is 0 Å². The molecule has 1 N–H and O–H groups in total. The van der Waals surface area contributed by atoms with E-state index in [-0.39, 0.29) is 5.69 Å². The SMILES string of the molecule is CC(C)C1CCN(c2nc(C(=O)O)cc3ccccc23)C1. The number of aromatic carboxylic acids is 1. The molecule has 4 nitrogen and oxygen atoms in total. The Morgan fingerprint density at radius 2 is 2.14 bits per heavy atom. The van der Waals surface area contributed by atoms with E-state index in [2.05, 4.69) is 23.7 Å². The van der Waals surface area contributed by atoms with Crippen molar-refractivity contribution < 1.29 is 9.90 Å². The van der Waals surface area contributed by atoms with Crippen LogP contribution in [-0.2, 0) is 0 Å². The molecule has 0 saturated carbocycles. The van der Waals surface area contributed by atoms with Crippen LogP contribution in [0, 0.1) is 11.8 Å². The van der Waals surface area contributed by atoms with E-state index in [0.717, 1.165) is 36.1 Å². The van der Waals surface area contributed by atoms with E-state index >= 15 is 0 Å². The van der Waals surface area contributed by atoms with Crippen LogP contribution in [0.1, 0.15) is 30.8 Å². The fraction of sp³-hybridized carbons (Fsp3) is 0.412. The number of rotatable bonds is 3. The van der Waals surface area contributed by atoms with Crippen molar-refractivity contribution in [3.8, 4) is 0 Å². The summed E-state index contributed by atoms with van der Waals surface area (Å²) < 4.78 is 0. The molecule has 1 unspecified atom stereocenters. The van der Waals surface area contributed by atoms with Gasteiger partial charge in [0.2, 0.25) is 0 Å². The van der Waals surface area contributed by atoms with Crippen LogP contribution in [-0.4, -0.2) is 29.1 Å². The van der Waals surface area contributed by atoms with E-state index in [4.69, 9.17) is 0 Å². The minimum atomic E-state index is -0.971. The van der Waals surface area contributed by atoms with Crippen molar-refractivity contribution in [3.05, 3.63) is 36.0 Å². The zero-order chi connectivity index (χ0) is 15.0. The number of fused-ring (bicyclic) bond motifs is 1. The van der Waals surface area contributed by atoms with Crippen molar-refractivity contribution in [1.29, 1.82) is 0 Å². The second-order valence-electron chi connectivity index (χ2n) is 6.10. The molecule has 1 aromatic heterocycles. The number of carboxylic acid groups (broad SMARTS) is 1. The second-order valence-corrected chi connectivity index (χ2v) is 6.10. The van der Waals surface area contributed by atoms with Gasteiger partial charge in [0, 0.05) is 18.5 Å². The average Bonchev–Trinajstić information content (AvgIpc) is 2.96. The van der Waals surface area contributed by atoms with E-state index in [1.54, 1.807) is 6.07 Å². The Bertz CT molecular complexity index is 682. The zero-order valence-corrected chi connectivity index (χ0v) is 12.4. The standard InChI is InChI=1S/C17H20N2O2/c1-11(2)13-7-8-19(10-13)16-14-6-4-3-5-12(14)9-15(18-16)17(20)21/h3-6,9,11,13H,7-8,10H2,1-2H3,(H,20,21). The molecule has 0 amide bonds. The van der Waals surface area contributed by atoms with E-state index < -0.39 is 5.97 Å². The fourth-order valence-electron chi connectivity index (χ4n) is 3.05. The van der Waals surface area contributed by atoms with Crippen LogP contribution < -0.4 is 4.90 Å². The lowest BCUT2D eigenvalue weighted by Crippen LogP contribution is -2.23. The Labute approximate surface area is 124 Å². The number of pyridine rings is 1. The summed E-state index contributed by atoms with van der Waals surface area (Å²) in [5.41, 5.74) is 0.122. The Morgan fingerprint density at radius 1 is 1.38 bits per heavy atom. The van der Waals surface area contributed by atoms with Crippen LogP contribution in [0.3, 0.4) is 0 Å². The van der Waals surface area contributed by atoms with Gasteiger partial charge in [-0.2, -0.15) is 0 Å². The normalized spacial score (nSPS) is 18.6. The largest absolute Gasteiger partial charge is 0.477 e. The summed E-state index contributed by atoms with van der Waals surface area (Å²) in [6, 6.07) is 9.52. The van der Waals surface area contributed by atoms with Gasteiger partial charge in [-0.1, -0.05) is 38.1 Å². The number of hydrogen-bond acceptors (Lipinski definition) is 3. The Hall–Kier alpha value is -2.10. The minimum absolute atomic E-state index is 0.122. The molecule has 0 spiro atoms. The number of carboxylic acids is 1. The van der Waals surface area contributed by atoms with Gasteiger partial charge in [-0.3, -0.25) is 0 Å². The molecule has 110 valence electrons.